The Kier molecular flexibility index (Phi) is 4.86. The molecule has 0 radical (unpaired) electrons. The first kappa shape index (κ1) is 12.4. The van der Waals surface area contributed by atoms with Gasteiger partial charge in [-0.2, -0.15) is 5.10 Å². The van der Waals surface area contributed by atoms with Gasteiger partial charge < -0.3 is 10.5 Å². The molecular weight excluding hydrogens is 214 g/mol. The van der Waals surface area contributed by atoms with Gasteiger partial charge in [-0.3, -0.25) is 4.68 Å². The van der Waals surface area contributed by atoms with Gasteiger partial charge in [-0.1, -0.05) is 19.3 Å². The zero-order valence-electron chi connectivity index (χ0n) is 10.5. The molecule has 96 valence electrons. The first-order valence-electron chi connectivity index (χ1n) is 6.74. The van der Waals surface area contributed by atoms with Crippen molar-refractivity contribution in [2.24, 2.45) is 11.7 Å². The maximum atomic E-state index is 5.55. The summed E-state index contributed by atoms with van der Waals surface area (Å²) < 4.78 is 7.57. The molecule has 1 aromatic rings. The van der Waals surface area contributed by atoms with E-state index in [9.17, 15) is 0 Å². The van der Waals surface area contributed by atoms with Crippen molar-refractivity contribution >= 4 is 0 Å². The lowest BCUT2D eigenvalue weighted by Crippen LogP contribution is -2.14. The van der Waals surface area contributed by atoms with Gasteiger partial charge >= 0.3 is 0 Å². The van der Waals surface area contributed by atoms with E-state index in [0.29, 0.717) is 13.2 Å². The van der Waals surface area contributed by atoms with Crippen molar-refractivity contribution in [3.63, 3.8) is 0 Å². The number of hydrogen-bond donors (Lipinski definition) is 1. The van der Waals surface area contributed by atoms with E-state index in [-0.39, 0.29) is 0 Å². The summed E-state index contributed by atoms with van der Waals surface area (Å²) in [5.74, 6) is 1.68. The maximum Gasteiger partial charge on any atom is 0.157 e. The van der Waals surface area contributed by atoms with Crippen LogP contribution in [0.5, 0.6) is 5.75 Å². The molecule has 4 heteroatoms. The predicted octanol–water partition coefficient (Wildman–Crippen LogP) is 2.19. The zero-order chi connectivity index (χ0) is 11.9. The molecule has 1 heterocycles. The topological polar surface area (TPSA) is 53.1 Å². The molecule has 1 fully saturated rings. The second-order valence-corrected chi connectivity index (χ2v) is 4.89. The molecular formula is C13H23N3O. The lowest BCUT2D eigenvalue weighted by atomic mass is 9.89. The van der Waals surface area contributed by atoms with Crippen LogP contribution in [0.3, 0.4) is 0 Å². The lowest BCUT2D eigenvalue weighted by molar-refractivity contribution is 0.302. The Morgan fingerprint density at radius 1 is 1.35 bits per heavy atom. The fourth-order valence-corrected chi connectivity index (χ4v) is 2.43. The molecule has 1 aliphatic carbocycles. The van der Waals surface area contributed by atoms with E-state index >= 15 is 0 Å². The highest BCUT2D eigenvalue weighted by Crippen LogP contribution is 2.25. The van der Waals surface area contributed by atoms with Crippen LogP contribution in [0.1, 0.15) is 38.5 Å². The molecule has 0 aliphatic heterocycles. The molecule has 0 aromatic carbocycles. The number of nitrogens with two attached hydrogens (primary N) is 1. The van der Waals surface area contributed by atoms with E-state index in [2.05, 4.69) is 5.10 Å². The summed E-state index contributed by atoms with van der Waals surface area (Å²) in [4.78, 5) is 0. The quantitative estimate of drug-likeness (QED) is 0.772. The number of aromatic nitrogens is 2. The van der Waals surface area contributed by atoms with Crippen LogP contribution in [0, 0.1) is 5.92 Å². The Morgan fingerprint density at radius 3 is 2.94 bits per heavy atom. The Balaban J connectivity index is 1.76. The second-order valence-electron chi connectivity index (χ2n) is 4.89. The molecule has 2 N–H and O–H groups in total. The van der Waals surface area contributed by atoms with Crippen LogP contribution < -0.4 is 10.5 Å². The Morgan fingerprint density at radius 2 is 2.18 bits per heavy atom. The normalized spacial score (nSPS) is 17.2. The van der Waals surface area contributed by atoms with Gasteiger partial charge in [-0.05, 0) is 31.7 Å². The van der Waals surface area contributed by atoms with Gasteiger partial charge in [0.25, 0.3) is 0 Å². The minimum absolute atomic E-state index is 0.677. The van der Waals surface area contributed by atoms with Crippen LogP contribution in [0.15, 0.2) is 12.4 Å². The highest BCUT2D eigenvalue weighted by molar-refractivity contribution is 5.11. The van der Waals surface area contributed by atoms with Crippen molar-refractivity contribution in [1.29, 1.82) is 0 Å². The van der Waals surface area contributed by atoms with E-state index < -0.39 is 0 Å². The van der Waals surface area contributed by atoms with Crippen molar-refractivity contribution in [2.45, 2.75) is 45.1 Å². The predicted molar refractivity (Wildman–Crippen MR) is 68.0 cm³/mol. The van der Waals surface area contributed by atoms with Crippen molar-refractivity contribution < 1.29 is 4.74 Å². The van der Waals surface area contributed by atoms with Gasteiger partial charge in [0.05, 0.1) is 19.0 Å². The van der Waals surface area contributed by atoms with Crippen LogP contribution in [-0.4, -0.2) is 22.9 Å². The first-order valence-corrected chi connectivity index (χ1v) is 6.74. The minimum Gasteiger partial charge on any atom is -0.490 e. The van der Waals surface area contributed by atoms with Crippen molar-refractivity contribution in [1.82, 2.24) is 9.78 Å². The summed E-state index contributed by atoms with van der Waals surface area (Å²) in [6, 6.07) is 0. The SMILES string of the molecule is NCCCOc1cnn(CC2CCCCC2)c1. The fourth-order valence-electron chi connectivity index (χ4n) is 2.43. The molecule has 0 amide bonds. The van der Waals surface area contributed by atoms with Gasteiger partial charge in [0.1, 0.15) is 0 Å². The van der Waals surface area contributed by atoms with E-state index in [4.69, 9.17) is 10.5 Å². The molecule has 0 bridgehead atoms. The Bertz CT molecular complexity index is 318. The van der Waals surface area contributed by atoms with E-state index in [0.717, 1.165) is 24.6 Å². The molecule has 0 spiro atoms. The summed E-state index contributed by atoms with van der Waals surface area (Å²) in [7, 11) is 0. The number of hydrogen-bond acceptors (Lipinski definition) is 3. The van der Waals surface area contributed by atoms with E-state index in [1.807, 2.05) is 10.9 Å². The summed E-state index contributed by atoms with van der Waals surface area (Å²) in [5, 5.41) is 4.35. The molecule has 0 saturated heterocycles. The van der Waals surface area contributed by atoms with Crippen LogP contribution in [0.2, 0.25) is 0 Å². The largest absolute Gasteiger partial charge is 0.490 e. The highest BCUT2D eigenvalue weighted by Gasteiger charge is 2.14. The summed E-state index contributed by atoms with van der Waals surface area (Å²) in [5.41, 5.74) is 5.42. The van der Waals surface area contributed by atoms with Crippen LogP contribution in [0.25, 0.3) is 0 Å². The summed E-state index contributed by atoms with van der Waals surface area (Å²) in [6.07, 6.45) is 11.6. The van der Waals surface area contributed by atoms with Crippen molar-refractivity contribution in [3.05, 3.63) is 12.4 Å². The van der Waals surface area contributed by atoms with Gasteiger partial charge in [-0.15, -0.1) is 0 Å². The first-order chi connectivity index (χ1) is 8.38. The highest BCUT2D eigenvalue weighted by atomic mass is 16.5. The van der Waals surface area contributed by atoms with Gasteiger partial charge in [0.2, 0.25) is 0 Å². The maximum absolute atomic E-state index is 5.55. The average Bonchev–Trinajstić information content (AvgIpc) is 2.79. The monoisotopic (exact) mass is 237 g/mol. The third kappa shape index (κ3) is 4.04. The van der Waals surface area contributed by atoms with Crippen LogP contribution >= 0.6 is 0 Å². The Hall–Kier alpha value is -1.03. The van der Waals surface area contributed by atoms with Crippen LogP contribution in [-0.2, 0) is 6.54 Å². The summed E-state index contributed by atoms with van der Waals surface area (Å²) in [6.45, 7) is 2.40. The van der Waals surface area contributed by atoms with Gasteiger partial charge in [0.15, 0.2) is 5.75 Å². The third-order valence-electron chi connectivity index (χ3n) is 3.40. The molecule has 1 aromatic heterocycles. The number of rotatable bonds is 6. The second kappa shape index (κ2) is 6.64. The van der Waals surface area contributed by atoms with E-state index in [1.54, 1.807) is 6.20 Å². The fraction of sp³-hybridized carbons (Fsp3) is 0.769. The van der Waals surface area contributed by atoms with Gasteiger partial charge in [-0.25, -0.2) is 0 Å². The van der Waals surface area contributed by atoms with Crippen molar-refractivity contribution in [3.8, 4) is 5.75 Å². The van der Waals surface area contributed by atoms with Crippen molar-refractivity contribution in [2.75, 3.05) is 13.2 Å². The van der Waals surface area contributed by atoms with E-state index in [1.165, 1.54) is 32.1 Å². The molecule has 17 heavy (non-hydrogen) atoms. The minimum atomic E-state index is 0.677. The molecule has 1 aliphatic rings. The molecule has 0 atom stereocenters. The zero-order valence-corrected chi connectivity index (χ0v) is 10.5. The number of ether oxygens (including phenoxy) is 1. The lowest BCUT2D eigenvalue weighted by Gasteiger charge is -2.21. The molecule has 1 saturated carbocycles. The molecule has 2 rings (SSSR count). The smallest absolute Gasteiger partial charge is 0.157 e. The standard InChI is InChI=1S/C13H23N3O/c14-7-4-8-17-13-9-15-16(11-13)10-12-5-2-1-3-6-12/h9,11-12H,1-8,10,14H2. The van der Waals surface area contributed by atoms with Gasteiger partial charge in [0, 0.05) is 6.54 Å². The summed E-state index contributed by atoms with van der Waals surface area (Å²) >= 11 is 0. The van der Waals surface area contributed by atoms with Crippen LogP contribution in [0.4, 0.5) is 0 Å². The Labute approximate surface area is 103 Å². The third-order valence-corrected chi connectivity index (χ3v) is 3.40. The molecule has 0 unspecified atom stereocenters. The average molecular weight is 237 g/mol. The molecule has 4 nitrogen and oxygen atoms in total. The number of nitrogens with zero attached hydrogens (tertiary/aromatic N) is 2.